The molecule has 2 N–H and O–H groups in total. The predicted molar refractivity (Wildman–Crippen MR) is 82.7 cm³/mol. The Labute approximate surface area is 114 Å². The Hall–Kier alpha value is -2.29. The molecule has 0 saturated heterocycles. The van der Waals surface area contributed by atoms with Gasteiger partial charge in [0, 0.05) is 17.4 Å². The Morgan fingerprint density at radius 1 is 0.789 bits per heavy atom. The van der Waals surface area contributed by atoms with Gasteiger partial charge >= 0.3 is 0 Å². The van der Waals surface area contributed by atoms with Crippen molar-refractivity contribution in [2.24, 2.45) is 4.99 Å². The van der Waals surface area contributed by atoms with Gasteiger partial charge in [-0.1, -0.05) is 36.4 Å². The minimum atomic E-state index is 0.224. The molecular formula is C16H19N3. The average Bonchev–Trinajstić information content (AvgIpc) is 2.40. The number of benzene rings is 2. The first-order valence-electron chi connectivity index (χ1n) is 6.46. The number of hydrogen-bond donors (Lipinski definition) is 2. The first-order valence-corrected chi connectivity index (χ1v) is 6.46. The van der Waals surface area contributed by atoms with Gasteiger partial charge in [0.15, 0.2) is 0 Å². The summed E-state index contributed by atoms with van der Waals surface area (Å²) < 4.78 is 0. The molecule has 0 aromatic heterocycles. The molecule has 0 bridgehead atoms. The van der Waals surface area contributed by atoms with Gasteiger partial charge < -0.3 is 10.6 Å². The highest BCUT2D eigenvalue weighted by atomic mass is 15.2. The van der Waals surface area contributed by atoms with Crippen LogP contribution in [0.4, 0.5) is 11.4 Å². The van der Waals surface area contributed by atoms with Crippen molar-refractivity contribution in [3.05, 3.63) is 60.7 Å². The van der Waals surface area contributed by atoms with E-state index in [4.69, 9.17) is 0 Å². The quantitative estimate of drug-likeness (QED) is 0.641. The molecule has 2 rings (SSSR count). The molecule has 0 aliphatic heterocycles. The van der Waals surface area contributed by atoms with Crippen molar-refractivity contribution in [3.8, 4) is 0 Å². The van der Waals surface area contributed by atoms with Gasteiger partial charge in [-0.05, 0) is 38.1 Å². The first kappa shape index (κ1) is 13.1. The molecule has 19 heavy (non-hydrogen) atoms. The lowest BCUT2D eigenvalue weighted by Crippen LogP contribution is -2.23. The lowest BCUT2D eigenvalue weighted by Gasteiger charge is -2.13. The van der Waals surface area contributed by atoms with E-state index in [1.54, 1.807) is 0 Å². The number of rotatable bonds is 3. The van der Waals surface area contributed by atoms with Crippen LogP contribution in [0.1, 0.15) is 13.8 Å². The van der Waals surface area contributed by atoms with Crippen molar-refractivity contribution in [1.82, 2.24) is 0 Å². The molecular weight excluding hydrogens is 234 g/mol. The molecule has 0 fully saturated rings. The summed E-state index contributed by atoms with van der Waals surface area (Å²) >= 11 is 0. The maximum absolute atomic E-state index is 4.56. The van der Waals surface area contributed by atoms with E-state index in [-0.39, 0.29) is 6.04 Å². The van der Waals surface area contributed by atoms with Crippen LogP contribution in [-0.4, -0.2) is 12.0 Å². The monoisotopic (exact) mass is 253 g/mol. The van der Waals surface area contributed by atoms with Gasteiger partial charge in [-0.3, -0.25) is 0 Å². The molecule has 0 heterocycles. The van der Waals surface area contributed by atoms with E-state index in [1.165, 1.54) is 0 Å². The maximum Gasteiger partial charge on any atom is 0.200 e. The summed E-state index contributed by atoms with van der Waals surface area (Å²) in [4.78, 5) is 4.56. The fourth-order valence-corrected chi connectivity index (χ4v) is 1.67. The molecule has 0 unspecified atom stereocenters. The third-order valence-electron chi connectivity index (χ3n) is 2.46. The zero-order chi connectivity index (χ0) is 13.5. The summed E-state index contributed by atoms with van der Waals surface area (Å²) in [6.45, 7) is 4.11. The molecule has 0 spiro atoms. The molecule has 0 radical (unpaired) electrons. The molecule has 3 heteroatoms. The van der Waals surface area contributed by atoms with Crippen molar-refractivity contribution >= 4 is 17.3 Å². The van der Waals surface area contributed by atoms with E-state index in [2.05, 4.69) is 29.5 Å². The van der Waals surface area contributed by atoms with Gasteiger partial charge in [0.25, 0.3) is 0 Å². The fourth-order valence-electron chi connectivity index (χ4n) is 1.67. The van der Waals surface area contributed by atoms with Crippen LogP contribution in [-0.2, 0) is 0 Å². The van der Waals surface area contributed by atoms with Crippen LogP contribution < -0.4 is 10.6 Å². The number of aliphatic imine (C=N–C) groups is 1. The smallest absolute Gasteiger partial charge is 0.200 e. The third-order valence-corrected chi connectivity index (χ3v) is 2.46. The highest BCUT2D eigenvalue weighted by molar-refractivity contribution is 6.03. The van der Waals surface area contributed by atoms with Crippen molar-refractivity contribution in [2.75, 3.05) is 10.6 Å². The second-order valence-electron chi connectivity index (χ2n) is 4.55. The van der Waals surface area contributed by atoms with E-state index in [0.717, 1.165) is 17.3 Å². The minimum Gasteiger partial charge on any atom is -0.326 e. The Morgan fingerprint density at radius 2 is 1.21 bits per heavy atom. The number of nitrogens with one attached hydrogen (secondary N) is 2. The number of para-hydroxylation sites is 2. The molecule has 0 aliphatic rings. The Balaban J connectivity index is 2.13. The summed E-state index contributed by atoms with van der Waals surface area (Å²) in [5.74, 6) is 0.757. The van der Waals surface area contributed by atoms with E-state index < -0.39 is 0 Å². The van der Waals surface area contributed by atoms with Crippen LogP contribution in [0.5, 0.6) is 0 Å². The van der Waals surface area contributed by atoms with E-state index in [9.17, 15) is 0 Å². The highest BCUT2D eigenvalue weighted by Crippen LogP contribution is 2.09. The van der Waals surface area contributed by atoms with Crippen LogP contribution in [0.3, 0.4) is 0 Å². The van der Waals surface area contributed by atoms with Gasteiger partial charge in [-0.25, -0.2) is 4.99 Å². The van der Waals surface area contributed by atoms with Crippen LogP contribution >= 0.6 is 0 Å². The second-order valence-corrected chi connectivity index (χ2v) is 4.55. The fraction of sp³-hybridized carbons (Fsp3) is 0.188. The molecule has 0 amide bonds. The van der Waals surface area contributed by atoms with Crippen molar-refractivity contribution < 1.29 is 0 Å². The average molecular weight is 253 g/mol. The van der Waals surface area contributed by atoms with Gasteiger partial charge in [0.05, 0.1) is 0 Å². The van der Waals surface area contributed by atoms with E-state index in [1.807, 2.05) is 60.7 Å². The molecule has 98 valence electrons. The summed E-state index contributed by atoms with van der Waals surface area (Å²) in [5, 5.41) is 6.60. The zero-order valence-electron chi connectivity index (χ0n) is 11.3. The van der Waals surface area contributed by atoms with Crippen molar-refractivity contribution in [3.63, 3.8) is 0 Å². The van der Waals surface area contributed by atoms with Gasteiger partial charge in [-0.15, -0.1) is 0 Å². The second kappa shape index (κ2) is 6.59. The van der Waals surface area contributed by atoms with E-state index >= 15 is 0 Å². The van der Waals surface area contributed by atoms with Crippen molar-refractivity contribution in [2.45, 2.75) is 19.9 Å². The summed E-state index contributed by atoms with van der Waals surface area (Å²) in [7, 11) is 0. The normalized spacial score (nSPS) is 10.1. The number of anilines is 2. The number of guanidine groups is 1. The lowest BCUT2D eigenvalue weighted by atomic mass is 10.3. The number of nitrogens with zero attached hydrogens (tertiary/aromatic N) is 1. The predicted octanol–water partition coefficient (Wildman–Crippen LogP) is 3.98. The summed E-state index contributed by atoms with van der Waals surface area (Å²) in [6.07, 6.45) is 0. The van der Waals surface area contributed by atoms with Crippen molar-refractivity contribution in [1.29, 1.82) is 0 Å². The molecule has 0 saturated carbocycles. The summed E-state index contributed by atoms with van der Waals surface area (Å²) in [5.41, 5.74) is 2.04. The SMILES string of the molecule is CC(C)N=C(Nc1ccccc1)Nc1ccccc1. The van der Waals surface area contributed by atoms with E-state index in [0.29, 0.717) is 0 Å². The lowest BCUT2D eigenvalue weighted by molar-refractivity contribution is 0.835. The molecule has 2 aromatic rings. The molecule has 3 nitrogen and oxygen atoms in total. The van der Waals surface area contributed by atoms with Gasteiger partial charge in [0.1, 0.15) is 0 Å². The van der Waals surface area contributed by atoms with Crippen LogP contribution in [0.2, 0.25) is 0 Å². The Kier molecular flexibility index (Phi) is 4.56. The topological polar surface area (TPSA) is 36.4 Å². The largest absolute Gasteiger partial charge is 0.326 e. The first-order chi connectivity index (χ1) is 9.24. The standard InChI is InChI=1S/C16H19N3/c1-13(2)17-16(18-14-9-5-3-6-10-14)19-15-11-7-4-8-12-15/h3-13H,1-2H3,(H2,17,18,19). The maximum atomic E-state index is 4.56. The zero-order valence-corrected chi connectivity index (χ0v) is 11.3. The highest BCUT2D eigenvalue weighted by Gasteiger charge is 2.01. The molecule has 2 aromatic carbocycles. The molecule has 0 atom stereocenters. The third kappa shape index (κ3) is 4.47. The Morgan fingerprint density at radius 3 is 1.58 bits per heavy atom. The Bertz CT molecular complexity index is 475. The van der Waals surface area contributed by atoms with Crippen LogP contribution in [0.15, 0.2) is 65.7 Å². The van der Waals surface area contributed by atoms with Crippen LogP contribution in [0.25, 0.3) is 0 Å². The molecule has 0 aliphatic carbocycles. The number of hydrogen-bond acceptors (Lipinski definition) is 1. The minimum absolute atomic E-state index is 0.224. The van der Waals surface area contributed by atoms with Gasteiger partial charge in [-0.2, -0.15) is 0 Å². The van der Waals surface area contributed by atoms with Gasteiger partial charge in [0.2, 0.25) is 5.96 Å². The summed E-state index contributed by atoms with van der Waals surface area (Å²) in [6, 6.07) is 20.3. The van der Waals surface area contributed by atoms with Crippen LogP contribution in [0, 0.1) is 0 Å².